The molecule has 0 aliphatic rings. The average Bonchev–Trinajstić information content (AvgIpc) is 2.54. The van der Waals surface area contributed by atoms with Crippen LogP contribution in [0, 0.1) is 11.3 Å². The van der Waals surface area contributed by atoms with Crippen molar-refractivity contribution in [2.24, 2.45) is 0 Å². The van der Waals surface area contributed by atoms with Gasteiger partial charge in [-0.05, 0) is 35.9 Å². The van der Waals surface area contributed by atoms with Crippen LogP contribution in [0.25, 0.3) is 0 Å². The first kappa shape index (κ1) is 16.7. The Bertz CT molecular complexity index is 714. The Morgan fingerprint density at radius 2 is 2.00 bits per heavy atom. The molecule has 0 unspecified atom stereocenters. The number of carboxylic acid groups (broad SMARTS) is 1. The largest absolute Gasteiger partial charge is 0.465 e. The molecule has 0 fully saturated rings. The first-order chi connectivity index (χ1) is 11.1. The highest BCUT2D eigenvalue weighted by Crippen LogP contribution is 2.21. The molecule has 2 N–H and O–H groups in total. The Balaban J connectivity index is 2.22. The predicted molar refractivity (Wildman–Crippen MR) is 89.7 cm³/mol. The van der Waals surface area contributed by atoms with Crippen LogP contribution < -0.4 is 10.2 Å². The van der Waals surface area contributed by atoms with E-state index in [1.54, 1.807) is 18.2 Å². The molecule has 5 nitrogen and oxygen atoms in total. The van der Waals surface area contributed by atoms with E-state index < -0.39 is 6.09 Å². The number of halogens is 1. The topological polar surface area (TPSA) is 76.4 Å². The molecule has 0 heterocycles. The van der Waals surface area contributed by atoms with Gasteiger partial charge in [-0.25, -0.2) is 4.79 Å². The number of nitrogens with one attached hydrogen (secondary N) is 1. The molecule has 0 saturated carbocycles. The van der Waals surface area contributed by atoms with Gasteiger partial charge in [0.2, 0.25) is 0 Å². The third-order valence-corrected chi connectivity index (χ3v) is 3.56. The van der Waals surface area contributed by atoms with Crippen LogP contribution in [-0.4, -0.2) is 24.3 Å². The molecule has 0 radical (unpaired) electrons. The van der Waals surface area contributed by atoms with E-state index in [0.29, 0.717) is 23.7 Å². The summed E-state index contributed by atoms with van der Waals surface area (Å²) >= 11 is 6.03. The quantitative estimate of drug-likeness (QED) is 0.850. The van der Waals surface area contributed by atoms with E-state index in [9.17, 15) is 10.1 Å². The van der Waals surface area contributed by atoms with Crippen molar-refractivity contribution in [3.8, 4) is 6.07 Å². The minimum absolute atomic E-state index is 0.284. The normalized spacial score (nSPS) is 9.91. The molecule has 2 aromatic carbocycles. The van der Waals surface area contributed by atoms with Gasteiger partial charge in [-0.2, -0.15) is 5.26 Å². The Kier molecular flexibility index (Phi) is 5.84. The highest BCUT2D eigenvalue weighted by Gasteiger charge is 2.11. The van der Waals surface area contributed by atoms with Gasteiger partial charge in [0.25, 0.3) is 0 Å². The second kappa shape index (κ2) is 8.06. The number of hydrogen-bond acceptors (Lipinski definition) is 3. The van der Waals surface area contributed by atoms with Crippen molar-refractivity contribution in [2.75, 3.05) is 18.0 Å². The van der Waals surface area contributed by atoms with Crippen LogP contribution in [0.4, 0.5) is 10.5 Å². The Morgan fingerprint density at radius 1 is 1.26 bits per heavy atom. The summed E-state index contributed by atoms with van der Waals surface area (Å²) in [4.78, 5) is 12.6. The molecule has 1 amide bonds. The second-order valence-electron chi connectivity index (χ2n) is 4.90. The number of para-hydroxylation sites is 1. The van der Waals surface area contributed by atoms with Crippen LogP contribution in [0.5, 0.6) is 0 Å². The van der Waals surface area contributed by atoms with Crippen molar-refractivity contribution in [3.63, 3.8) is 0 Å². The summed E-state index contributed by atoms with van der Waals surface area (Å²) in [5.41, 5.74) is 2.31. The SMILES string of the molecule is N#Cc1ccc(Cl)cc1CN(CCNC(=O)O)c1ccccc1. The minimum Gasteiger partial charge on any atom is -0.465 e. The molecular weight excluding hydrogens is 314 g/mol. The van der Waals surface area contributed by atoms with Gasteiger partial charge >= 0.3 is 6.09 Å². The van der Waals surface area contributed by atoms with E-state index in [0.717, 1.165) is 11.3 Å². The fourth-order valence-electron chi connectivity index (χ4n) is 2.24. The van der Waals surface area contributed by atoms with Gasteiger partial charge in [0.1, 0.15) is 0 Å². The highest BCUT2D eigenvalue weighted by molar-refractivity contribution is 6.30. The number of rotatable bonds is 6. The molecular formula is C17H16ClN3O2. The molecule has 0 spiro atoms. The number of carbonyl (C=O) groups is 1. The number of nitriles is 1. The van der Waals surface area contributed by atoms with Crippen molar-refractivity contribution in [1.82, 2.24) is 5.32 Å². The summed E-state index contributed by atoms with van der Waals surface area (Å²) in [6, 6.07) is 16.9. The summed E-state index contributed by atoms with van der Waals surface area (Å²) < 4.78 is 0. The molecule has 23 heavy (non-hydrogen) atoms. The summed E-state index contributed by atoms with van der Waals surface area (Å²) in [5.74, 6) is 0. The van der Waals surface area contributed by atoms with Crippen molar-refractivity contribution in [1.29, 1.82) is 5.26 Å². The lowest BCUT2D eigenvalue weighted by Crippen LogP contribution is -2.34. The number of hydrogen-bond donors (Lipinski definition) is 2. The molecule has 0 saturated heterocycles. The van der Waals surface area contributed by atoms with Crippen LogP contribution in [0.1, 0.15) is 11.1 Å². The van der Waals surface area contributed by atoms with E-state index in [4.69, 9.17) is 16.7 Å². The van der Waals surface area contributed by atoms with E-state index in [-0.39, 0.29) is 6.54 Å². The van der Waals surface area contributed by atoms with Gasteiger partial charge < -0.3 is 15.3 Å². The zero-order valence-corrected chi connectivity index (χ0v) is 13.1. The summed E-state index contributed by atoms with van der Waals surface area (Å²) in [5, 5.41) is 20.9. The predicted octanol–water partition coefficient (Wildman–Crippen LogP) is 3.49. The molecule has 6 heteroatoms. The molecule has 118 valence electrons. The lowest BCUT2D eigenvalue weighted by molar-refractivity contribution is 0.194. The third kappa shape index (κ3) is 4.90. The van der Waals surface area contributed by atoms with Crippen molar-refractivity contribution in [2.45, 2.75) is 6.54 Å². The molecule has 0 aromatic heterocycles. The second-order valence-corrected chi connectivity index (χ2v) is 5.34. The fourth-order valence-corrected chi connectivity index (χ4v) is 2.44. The number of anilines is 1. The molecule has 0 aliphatic heterocycles. The van der Waals surface area contributed by atoms with Crippen LogP contribution >= 0.6 is 11.6 Å². The first-order valence-corrected chi connectivity index (χ1v) is 7.43. The average molecular weight is 330 g/mol. The lowest BCUT2D eigenvalue weighted by atomic mass is 10.1. The summed E-state index contributed by atoms with van der Waals surface area (Å²) in [6.45, 7) is 1.23. The Morgan fingerprint density at radius 3 is 2.65 bits per heavy atom. The van der Waals surface area contributed by atoms with Gasteiger partial charge in [0.15, 0.2) is 0 Å². The van der Waals surface area contributed by atoms with Crippen LogP contribution in [0.15, 0.2) is 48.5 Å². The van der Waals surface area contributed by atoms with Crippen LogP contribution in [0.3, 0.4) is 0 Å². The Hall–Kier alpha value is -2.71. The zero-order valence-electron chi connectivity index (χ0n) is 12.4. The smallest absolute Gasteiger partial charge is 0.404 e. The number of benzene rings is 2. The van der Waals surface area contributed by atoms with E-state index in [2.05, 4.69) is 11.4 Å². The van der Waals surface area contributed by atoms with Crippen molar-refractivity contribution < 1.29 is 9.90 Å². The maximum Gasteiger partial charge on any atom is 0.404 e. The number of amides is 1. The maximum absolute atomic E-state index is 10.6. The van der Waals surface area contributed by atoms with Gasteiger partial charge in [-0.15, -0.1) is 0 Å². The highest BCUT2D eigenvalue weighted by atomic mass is 35.5. The Labute approximate surface area is 139 Å². The molecule has 2 aromatic rings. The van der Waals surface area contributed by atoms with E-state index >= 15 is 0 Å². The van der Waals surface area contributed by atoms with Gasteiger partial charge in [0.05, 0.1) is 11.6 Å². The van der Waals surface area contributed by atoms with Crippen LogP contribution in [0.2, 0.25) is 5.02 Å². The van der Waals surface area contributed by atoms with Gasteiger partial charge in [0, 0.05) is 30.3 Å². The maximum atomic E-state index is 10.6. The zero-order chi connectivity index (χ0) is 16.7. The van der Waals surface area contributed by atoms with Crippen molar-refractivity contribution >= 4 is 23.4 Å². The molecule has 0 aliphatic carbocycles. The van der Waals surface area contributed by atoms with Gasteiger partial charge in [-0.3, -0.25) is 0 Å². The lowest BCUT2D eigenvalue weighted by Gasteiger charge is -2.25. The fraction of sp³-hybridized carbons (Fsp3) is 0.176. The monoisotopic (exact) mass is 329 g/mol. The summed E-state index contributed by atoms with van der Waals surface area (Å²) in [6.07, 6.45) is -1.06. The number of nitrogens with zero attached hydrogens (tertiary/aromatic N) is 2. The van der Waals surface area contributed by atoms with Crippen molar-refractivity contribution in [3.05, 3.63) is 64.7 Å². The van der Waals surface area contributed by atoms with Gasteiger partial charge in [-0.1, -0.05) is 29.8 Å². The van der Waals surface area contributed by atoms with E-state index in [1.165, 1.54) is 0 Å². The molecule has 2 rings (SSSR count). The molecule has 0 atom stereocenters. The van der Waals surface area contributed by atoms with Crippen LogP contribution in [-0.2, 0) is 6.54 Å². The molecule has 0 bridgehead atoms. The van der Waals surface area contributed by atoms with E-state index in [1.807, 2.05) is 35.2 Å². The third-order valence-electron chi connectivity index (χ3n) is 3.33. The minimum atomic E-state index is -1.06. The standard InChI is InChI=1S/C17H16ClN3O2/c18-15-7-6-13(11-19)14(10-15)12-21(9-8-20-17(22)23)16-4-2-1-3-5-16/h1-7,10,20H,8-9,12H2,(H,22,23). The summed E-state index contributed by atoms with van der Waals surface area (Å²) in [7, 11) is 0. The first-order valence-electron chi connectivity index (χ1n) is 7.05.